The van der Waals surface area contributed by atoms with Crippen molar-refractivity contribution in [1.82, 2.24) is 0 Å². The molecular weight excluding hydrogens is 322 g/mol. The van der Waals surface area contributed by atoms with Crippen LogP contribution in [-0.2, 0) is 10.9 Å². The van der Waals surface area contributed by atoms with Crippen LogP contribution in [0.15, 0.2) is 24.0 Å². The largest absolute Gasteiger partial charge is 0.511 e. The van der Waals surface area contributed by atoms with Crippen LogP contribution in [-0.4, -0.2) is 23.5 Å². The highest BCUT2D eigenvalue weighted by molar-refractivity contribution is 5.67. The van der Waals surface area contributed by atoms with Gasteiger partial charge in [0.15, 0.2) is 5.76 Å². The first-order chi connectivity index (χ1) is 9.98. The molecule has 1 unspecified atom stereocenters. The minimum atomic E-state index is -5.06. The van der Waals surface area contributed by atoms with E-state index in [1.165, 1.54) is 0 Å². The molecule has 22 heavy (non-hydrogen) atoms. The van der Waals surface area contributed by atoms with Crippen LogP contribution in [0.1, 0.15) is 11.1 Å². The number of ether oxygens (including phenoxy) is 2. The average molecular weight is 328 g/mol. The summed E-state index contributed by atoms with van der Waals surface area (Å²) in [5, 5.41) is 8.41. The molecular formula is C12H6F6O4. The summed E-state index contributed by atoms with van der Waals surface area (Å²) >= 11 is 0. The molecule has 1 aliphatic heterocycles. The van der Waals surface area contributed by atoms with Gasteiger partial charge in [-0.3, -0.25) is 0 Å². The van der Waals surface area contributed by atoms with Crippen molar-refractivity contribution in [2.75, 3.05) is 0 Å². The van der Waals surface area contributed by atoms with E-state index in [9.17, 15) is 31.1 Å². The number of benzene rings is 1. The molecule has 10 heteroatoms. The van der Waals surface area contributed by atoms with E-state index < -0.39 is 41.7 Å². The maximum absolute atomic E-state index is 12.8. The molecule has 0 bridgehead atoms. The first-order valence-electron chi connectivity index (χ1n) is 5.55. The third-order valence-corrected chi connectivity index (χ3v) is 2.64. The number of hydrogen-bond acceptors (Lipinski definition) is 3. The summed E-state index contributed by atoms with van der Waals surface area (Å²) in [6, 6.07) is 1.89. The van der Waals surface area contributed by atoms with Crippen LogP contribution in [0.2, 0.25) is 0 Å². The monoisotopic (exact) mass is 328 g/mol. The predicted molar refractivity (Wildman–Crippen MR) is 59.0 cm³/mol. The van der Waals surface area contributed by atoms with E-state index in [-0.39, 0.29) is 5.56 Å². The summed E-state index contributed by atoms with van der Waals surface area (Å²) in [4.78, 5) is 10.4. The van der Waals surface area contributed by atoms with Crippen LogP contribution in [0.5, 0.6) is 5.75 Å². The van der Waals surface area contributed by atoms with Crippen LogP contribution < -0.4 is 4.74 Å². The van der Waals surface area contributed by atoms with Gasteiger partial charge < -0.3 is 14.6 Å². The Hall–Kier alpha value is -2.39. The summed E-state index contributed by atoms with van der Waals surface area (Å²) in [7, 11) is 0. The van der Waals surface area contributed by atoms with Gasteiger partial charge in [0, 0.05) is 5.56 Å². The summed E-state index contributed by atoms with van der Waals surface area (Å²) in [6.45, 7) is 0. The van der Waals surface area contributed by atoms with Crippen molar-refractivity contribution in [3.8, 4) is 5.75 Å². The molecule has 120 valence electrons. The average Bonchev–Trinajstić information content (AvgIpc) is 2.34. The molecule has 2 rings (SSSR count). The Bertz CT molecular complexity index is 631. The first-order valence-corrected chi connectivity index (χ1v) is 5.55. The third kappa shape index (κ3) is 3.26. The quantitative estimate of drug-likeness (QED) is 0.624. The fraction of sp³-hybridized carbons (Fsp3) is 0.250. The van der Waals surface area contributed by atoms with Crippen LogP contribution in [0.25, 0.3) is 6.08 Å². The number of alkyl halides is 6. The zero-order valence-electron chi connectivity index (χ0n) is 10.3. The van der Waals surface area contributed by atoms with E-state index in [1.807, 2.05) is 0 Å². The molecule has 0 amide bonds. The SMILES string of the molecule is O=C(O)OC1=Cc2ccc(C(F)(F)F)cc2OC1C(F)(F)F. The second kappa shape index (κ2) is 5.11. The number of rotatable bonds is 1. The maximum Gasteiger partial charge on any atom is 0.511 e. The second-order valence-electron chi connectivity index (χ2n) is 4.20. The highest BCUT2D eigenvalue weighted by Crippen LogP contribution is 2.40. The van der Waals surface area contributed by atoms with E-state index in [0.29, 0.717) is 18.2 Å². The Morgan fingerprint density at radius 2 is 1.82 bits per heavy atom. The summed E-state index contributed by atoms with van der Waals surface area (Å²) < 4.78 is 84.5. The standard InChI is InChI=1S/C12H6F6O4/c13-11(14,15)6-2-1-5-3-8(22-10(19)20)9(12(16,17)18)21-7(5)4-6/h1-4,9H,(H,19,20). The zero-order valence-corrected chi connectivity index (χ0v) is 10.3. The Balaban J connectivity index is 2.48. The molecule has 0 aliphatic carbocycles. The number of hydrogen-bond donors (Lipinski definition) is 1. The molecule has 1 aromatic carbocycles. The normalized spacial score (nSPS) is 18.1. The Morgan fingerprint density at radius 1 is 1.18 bits per heavy atom. The Morgan fingerprint density at radius 3 is 2.32 bits per heavy atom. The highest BCUT2D eigenvalue weighted by Gasteiger charge is 2.48. The fourth-order valence-electron chi connectivity index (χ4n) is 1.76. The van der Waals surface area contributed by atoms with Crippen molar-refractivity contribution in [1.29, 1.82) is 0 Å². The molecule has 1 atom stereocenters. The molecule has 4 nitrogen and oxygen atoms in total. The van der Waals surface area contributed by atoms with E-state index >= 15 is 0 Å². The van der Waals surface area contributed by atoms with Crippen LogP contribution >= 0.6 is 0 Å². The lowest BCUT2D eigenvalue weighted by atomic mass is 10.0. The first kappa shape index (κ1) is 16.0. The molecule has 1 aliphatic rings. The van der Waals surface area contributed by atoms with Crippen molar-refractivity contribution in [2.24, 2.45) is 0 Å². The summed E-state index contributed by atoms with van der Waals surface area (Å²) in [5.41, 5.74) is -1.35. The summed E-state index contributed by atoms with van der Waals surface area (Å²) in [6.07, 6.45) is -14.0. The van der Waals surface area contributed by atoms with Crippen LogP contribution in [0, 0.1) is 0 Å². The van der Waals surface area contributed by atoms with Gasteiger partial charge in [0.05, 0.1) is 5.56 Å². The minimum Gasteiger partial charge on any atom is -0.472 e. The lowest BCUT2D eigenvalue weighted by Crippen LogP contribution is -2.39. The number of fused-ring (bicyclic) bond motifs is 1. The van der Waals surface area contributed by atoms with Gasteiger partial charge in [-0.15, -0.1) is 0 Å². The van der Waals surface area contributed by atoms with E-state index in [0.717, 1.165) is 6.07 Å². The van der Waals surface area contributed by atoms with Crippen molar-refractivity contribution < 1.29 is 45.7 Å². The summed E-state index contributed by atoms with van der Waals surface area (Å²) in [5.74, 6) is -1.75. The maximum atomic E-state index is 12.8. The van der Waals surface area contributed by atoms with Crippen LogP contribution in [0.3, 0.4) is 0 Å². The smallest absolute Gasteiger partial charge is 0.472 e. The zero-order chi connectivity index (χ0) is 16.7. The molecule has 0 spiro atoms. The van der Waals surface area contributed by atoms with Crippen molar-refractivity contribution >= 4 is 12.2 Å². The lowest BCUT2D eigenvalue weighted by Gasteiger charge is -2.27. The minimum absolute atomic E-state index is 0.162. The van der Waals surface area contributed by atoms with E-state index in [2.05, 4.69) is 9.47 Å². The van der Waals surface area contributed by atoms with Gasteiger partial charge in [0.2, 0.25) is 0 Å². The van der Waals surface area contributed by atoms with Crippen molar-refractivity contribution in [3.63, 3.8) is 0 Å². The molecule has 1 heterocycles. The molecule has 1 aromatic rings. The topological polar surface area (TPSA) is 55.8 Å². The Kier molecular flexibility index (Phi) is 3.71. The Labute approximate surface area is 118 Å². The highest BCUT2D eigenvalue weighted by atomic mass is 19.4. The van der Waals surface area contributed by atoms with Gasteiger partial charge in [-0.25, -0.2) is 4.79 Å². The van der Waals surface area contributed by atoms with Gasteiger partial charge in [-0.2, -0.15) is 26.3 Å². The number of carboxylic acid groups (broad SMARTS) is 1. The molecule has 0 radical (unpaired) electrons. The molecule has 0 saturated heterocycles. The fourth-order valence-corrected chi connectivity index (χ4v) is 1.76. The third-order valence-electron chi connectivity index (χ3n) is 2.64. The predicted octanol–water partition coefficient (Wildman–Crippen LogP) is 4.06. The van der Waals surface area contributed by atoms with Crippen molar-refractivity contribution in [2.45, 2.75) is 18.5 Å². The number of carbonyl (C=O) groups is 1. The number of halogens is 6. The van der Waals surface area contributed by atoms with Gasteiger partial charge in [-0.1, -0.05) is 6.07 Å². The molecule has 0 fully saturated rings. The van der Waals surface area contributed by atoms with Gasteiger partial charge in [0.1, 0.15) is 5.75 Å². The van der Waals surface area contributed by atoms with E-state index in [4.69, 9.17) is 5.11 Å². The van der Waals surface area contributed by atoms with Crippen LogP contribution in [0.4, 0.5) is 31.1 Å². The second-order valence-corrected chi connectivity index (χ2v) is 4.20. The van der Waals surface area contributed by atoms with Crippen molar-refractivity contribution in [3.05, 3.63) is 35.1 Å². The molecule has 0 saturated carbocycles. The van der Waals surface area contributed by atoms with E-state index in [1.54, 1.807) is 0 Å². The van der Waals surface area contributed by atoms with Gasteiger partial charge in [-0.05, 0) is 18.2 Å². The molecule has 0 aromatic heterocycles. The van der Waals surface area contributed by atoms with Gasteiger partial charge >= 0.3 is 18.5 Å². The molecule has 1 N–H and O–H groups in total. The lowest BCUT2D eigenvalue weighted by molar-refractivity contribution is -0.191. The van der Waals surface area contributed by atoms with Gasteiger partial charge in [0.25, 0.3) is 6.10 Å².